The van der Waals surface area contributed by atoms with Crippen molar-refractivity contribution in [3.63, 3.8) is 0 Å². The van der Waals surface area contributed by atoms with E-state index in [9.17, 15) is 4.79 Å². The molecule has 0 aromatic heterocycles. The van der Waals surface area contributed by atoms with Gasteiger partial charge in [0.15, 0.2) is 17.4 Å². The molecule has 0 aliphatic heterocycles. The maximum absolute atomic E-state index is 9.35. The van der Waals surface area contributed by atoms with E-state index in [1.165, 1.54) is 0 Å². The van der Waals surface area contributed by atoms with Gasteiger partial charge in [-0.25, -0.2) is 10.6 Å². The van der Waals surface area contributed by atoms with Gasteiger partial charge in [-0.05, 0) is 0 Å². The first kappa shape index (κ1) is 9.23. The zero-order valence-corrected chi connectivity index (χ0v) is 2.56. The second-order valence-electron chi connectivity index (χ2n) is 0.509. The zero-order chi connectivity index (χ0) is 4.28. The number of nitrogens with two attached hydrogens (primary N) is 2. The van der Waals surface area contributed by atoms with Gasteiger partial charge in [-0.2, -0.15) is 0 Å². The molecule has 6 heavy (non-hydrogen) atoms. The van der Waals surface area contributed by atoms with E-state index in [2.05, 4.69) is 11.6 Å². The Hall–Kier alpha value is -0.238. The van der Waals surface area contributed by atoms with Crippen LogP contribution in [0.4, 0.5) is 4.79 Å². The summed E-state index contributed by atoms with van der Waals surface area (Å²) in [5.41, 5.74) is 6.08. The lowest BCUT2D eigenvalue weighted by Crippen LogP contribution is -2.34. The molecule has 0 rings (SSSR count). The van der Waals surface area contributed by atoms with Gasteiger partial charge in [0.2, 0.25) is 0 Å². The monoisotopic (exact) mass is 105 g/mol. The molecule has 36 valence electrons. The van der Waals surface area contributed by atoms with Crippen molar-refractivity contribution in [1.29, 1.82) is 0 Å². The lowest BCUT2D eigenvalue weighted by molar-refractivity contribution is 0.249. The van der Waals surface area contributed by atoms with Gasteiger partial charge < -0.3 is 5.73 Å². The van der Waals surface area contributed by atoms with Gasteiger partial charge in [0.05, 0.1) is 0 Å². The van der Waals surface area contributed by atoms with Crippen LogP contribution in [0.1, 0.15) is 0 Å². The predicted octanol–water partition coefficient (Wildman–Crippen LogP) is -2.66. The largest absolute Gasteiger partial charge is 0.351 e. The van der Waals surface area contributed by atoms with Crippen molar-refractivity contribution in [2.45, 2.75) is 0 Å². The van der Waals surface area contributed by atoms with E-state index in [1.807, 2.05) is 0 Å². The Bertz CT molecular complexity index is 46.1. The lowest BCUT2D eigenvalue weighted by atomic mass is 11.2. The van der Waals surface area contributed by atoms with Gasteiger partial charge in [-0.3, -0.25) is 5.43 Å². The predicted molar refractivity (Wildman–Crippen MR) is 26.8 cm³/mol. The molecule has 2 amide bonds. The Morgan fingerprint density at radius 2 is 1.83 bits per heavy atom. The van der Waals surface area contributed by atoms with Gasteiger partial charge in [-0.1, -0.05) is 0 Å². The maximum atomic E-state index is 9.35. The van der Waals surface area contributed by atoms with Crippen LogP contribution in [0.3, 0.4) is 0 Å². The zero-order valence-electron chi connectivity index (χ0n) is 2.56. The number of carbonyl (C=O) groups is 1. The first-order chi connectivity index (χ1) is 2.27. The topological polar surface area (TPSA) is 81.1 Å². The van der Waals surface area contributed by atoms with Gasteiger partial charge in [0, 0.05) is 0 Å². The van der Waals surface area contributed by atoms with Crippen LogP contribution in [0.25, 0.3) is 0 Å². The van der Waals surface area contributed by atoms with Gasteiger partial charge in [0.25, 0.3) is 0 Å². The molecule has 0 aliphatic rings. The third-order valence-corrected chi connectivity index (χ3v) is 0.142. The van der Waals surface area contributed by atoms with Crippen molar-refractivity contribution >= 4 is 23.4 Å². The van der Waals surface area contributed by atoms with E-state index in [4.69, 9.17) is 0 Å². The van der Waals surface area contributed by atoms with Crippen LogP contribution < -0.4 is 17.0 Å². The smallest absolute Gasteiger partial charge is 0.326 e. The quantitative estimate of drug-likeness (QED) is 0.136. The molecule has 0 saturated heterocycles. The van der Waals surface area contributed by atoms with E-state index in [0.29, 0.717) is 0 Å². The average molecular weight is 105 g/mol. The van der Waals surface area contributed by atoms with Crippen LogP contribution in [-0.2, 0) is 0 Å². The minimum atomic E-state index is -0.718. The van der Waals surface area contributed by atoms with Crippen molar-refractivity contribution in [2.24, 2.45) is 11.6 Å². The molecule has 0 bridgehead atoms. The van der Waals surface area contributed by atoms with Crippen molar-refractivity contribution < 1.29 is 4.79 Å². The minimum absolute atomic E-state index is 0. The van der Waals surface area contributed by atoms with Crippen molar-refractivity contribution in [3.05, 3.63) is 0 Å². The molecule has 0 spiro atoms. The van der Waals surface area contributed by atoms with Crippen molar-refractivity contribution in [3.8, 4) is 0 Å². The Kier molecular flexibility index (Phi) is 7.33. The van der Waals surface area contributed by atoms with Gasteiger partial charge in [-0.15, -0.1) is 0 Å². The number of hydrogen-bond donors (Lipinski definition) is 3. The lowest BCUT2D eigenvalue weighted by Gasteiger charge is -1.81. The van der Waals surface area contributed by atoms with E-state index < -0.39 is 6.03 Å². The van der Waals surface area contributed by atoms with Crippen LogP contribution in [0, 0.1) is 0 Å². The van der Waals surface area contributed by atoms with E-state index >= 15 is 0 Å². The number of primary amides is 1. The number of hydrogen-bond acceptors (Lipinski definition) is 2. The summed E-state index contributed by atoms with van der Waals surface area (Å²) in [4.78, 5) is 9.35. The summed E-state index contributed by atoms with van der Waals surface area (Å²) in [6.07, 6.45) is 0. The number of amides is 2. The molecule has 5 heteroatoms. The number of urea groups is 1. The summed E-state index contributed by atoms with van der Waals surface area (Å²) in [6.45, 7) is 0. The first-order valence-electron chi connectivity index (χ1n) is 1.03. The summed E-state index contributed by atoms with van der Waals surface area (Å²) in [7, 11) is 0. The fourth-order valence-electron chi connectivity index (χ4n) is 0. The fraction of sp³-hybridized carbons (Fsp3) is 0. The molecule has 0 aromatic carbocycles. The summed E-state index contributed by atoms with van der Waals surface area (Å²) in [6, 6.07) is -0.718. The number of hydrazine groups is 1. The molecule has 0 unspecified atom stereocenters. The highest BCUT2D eigenvalue weighted by Gasteiger charge is 1.73. The second kappa shape index (κ2) is 4.76. The molecule has 0 heterocycles. The number of rotatable bonds is 0. The first-order valence-corrected chi connectivity index (χ1v) is 1.03. The molecule has 0 saturated carbocycles. The summed E-state index contributed by atoms with van der Waals surface area (Å²) < 4.78 is 0. The van der Waals surface area contributed by atoms with Crippen LogP contribution in [0.2, 0.25) is 0 Å². The normalized spacial score (nSPS) is 5.50. The third kappa shape index (κ3) is 9.24. The summed E-state index contributed by atoms with van der Waals surface area (Å²) in [5, 5.41) is 0. The highest BCUT2D eigenvalue weighted by atomic mass is 27.0. The number of nitrogens with one attached hydrogen (secondary N) is 1. The summed E-state index contributed by atoms with van der Waals surface area (Å²) >= 11 is 0. The van der Waals surface area contributed by atoms with Crippen LogP contribution in [0.5, 0.6) is 0 Å². The molecule has 0 fully saturated rings. The second-order valence-corrected chi connectivity index (χ2v) is 0.509. The molecule has 0 radical (unpaired) electrons. The van der Waals surface area contributed by atoms with Gasteiger partial charge >= 0.3 is 6.03 Å². The molecule has 0 aromatic rings. The average Bonchev–Trinajstić information content (AvgIpc) is 1.38. The third-order valence-electron chi connectivity index (χ3n) is 0.142. The van der Waals surface area contributed by atoms with E-state index in [0.717, 1.165) is 0 Å². The highest BCUT2D eigenvalue weighted by molar-refractivity contribution is 5.75. The molecule has 0 aliphatic carbocycles. The van der Waals surface area contributed by atoms with Crippen LogP contribution in [-0.4, -0.2) is 23.4 Å². The molecular formula is CH8AlN3O. The minimum Gasteiger partial charge on any atom is -0.351 e. The Labute approximate surface area is 46.0 Å². The van der Waals surface area contributed by atoms with E-state index in [-0.39, 0.29) is 17.4 Å². The standard InChI is InChI=1S/CH5N3O.Al.3H/c2-1(5)4-3;;;;/h3H2,(H3,2,4,5);;;;. The number of carbonyl (C=O) groups excluding carboxylic acids is 1. The Morgan fingerprint density at radius 3 is 1.83 bits per heavy atom. The van der Waals surface area contributed by atoms with Crippen molar-refractivity contribution in [1.82, 2.24) is 5.43 Å². The van der Waals surface area contributed by atoms with Crippen LogP contribution in [0.15, 0.2) is 0 Å². The molecular weight excluding hydrogens is 97.0 g/mol. The SMILES string of the molecule is NNC(N)=O.[AlH3]. The van der Waals surface area contributed by atoms with E-state index in [1.54, 1.807) is 5.43 Å². The Balaban J connectivity index is 0. The molecule has 4 nitrogen and oxygen atoms in total. The van der Waals surface area contributed by atoms with Crippen molar-refractivity contribution in [2.75, 3.05) is 0 Å². The van der Waals surface area contributed by atoms with Crippen LogP contribution >= 0.6 is 0 Å². The molecule has 0 atom stereocenters. The molecule has 5 N–H and O–H groups in total. The Morgan fingerprint density at radius 1 is 1.67 bits per heavy atom. The highest BCUT2D eigenvalue weighted by Crippen LogP contribution is 1.34. The maximum Gasteiger partial charge on any atom is 0.326 e. The summed E-state index contributed by atoms with van der Waals surface area (Å²) in [5.74, 6) is 4.45. The fourth-order valence-corrected chi connectivity index (χ4v) is 0. The van der Waals surface area contributed by atoms with Gasteiger partial charge in [0.1, 0.15) is 0 Å².